The molecule has 0 atom stereocenters. The third kappa shape index (κ3) is 2.68. The lowest BCUT2D eigenvalue weighted by Gasteiger charge is -2.12. The normalized spacial score (nSPS) is 10.3. The van der Waals surface area contributed by atoms with Crippen molar-refractivity contribution in [1.82, 2.24) is 14.8 Å². The molecule has 0 aliphatic heterocycles. The van der Waals surface area contributed by atoms with Gasteiger partial charge < -0.3 is 15.6 Å². The molecule has 94 valence electrons. The van der Waals surface area contributed by atoms with Crippen molar-refractivity contribution >= 4 is 38.8 Å². The summed E-state index contributed by atoms with van der Waals surface area (Å²) in [6.45, 7) is 0.558. The number of halogens is 1. The molecule has 0 radical (unpaired) electrons. The van der Waals surface area contributed by atoms with Gasteiger partial charge >= 0.3 is 0 Å². The van der Waals surface area contributed by atoms with Crippen LogP contribution in [0.15, 0.2) is 29.0 Å². The zero-order valence-corrected chi connectivity index (χ0v) is 12.1. The number of aryl methyl sites for hydroxylation is 1. The number of nitrogens with two attached hydrogens (primary N) is 1. The Hall–Kier alpha value is -1.47. The van der Waals surface area contributed by atoms with Crippen LogP contribution in [-0.4, -0.2) is 19.8 Å². The summed E-state index contributed by atoms with van der Waals surface area (Å²) in [4.78, 5) is 0.350. The fraction of sp³-hybridized carbons (Fsp3) is 0.182. The highest BCUT2D eigenvalue weighted by atomic mass is 79.9. The molecule has 1 aromatic carbocycles. The molecule has 0 saturated carbocycles. The fourth-order valence-corrected chi connectivity index (χ4v) is 2.49. The van der Waals surface area contributed by atoms with E-state index in [1.54, 1.807) is 6.33 Å². The maximum Gasteiger partial charge on any atom is 0.151 e. The smallest absolute Gasteiger partial charge is 0.151 e. The van der Waals surface area contributed by atoms with E-state index < -0.39 is 0 Å². The van der Waals surface area contributed by atoms with Crippen LogP contribution in [0.3, 0.4) is 0 Å². The summed E-state index contributed by atoms with van der Waals surface area (Å²) in [5, 5.41) is 11.1. The van der Waals surface area contributed by atoms with Crippen LogP contribution < -0.4 is 11.1 Å². The molecule has 1 aromatic heterocycles. The number of anilines is 1. The minimum atomic E-state index is 0.350. The highest BCUT2D eigenvalue weighted by molar-refractivity contribution is 9.10. The van der Waals surface area contributed by atoms with E-state index in [4.69, 9.17) is 18.0 Å². The number of rotatable bonds is 4. The number of hydrogen-bond donors (Lipinski definition) is 2. The van der Waals surface area contributed by atoms with Crippen molar-refractivity contribution in [2.75, 3.05) is 5.32 Å². The van der Waals surface area contributed by atoms with E-state index in [-0.39, 0.29) is 0 Å². The summed E-state index contributed by atoms with van der Waals surface area (Å²) >= 11 is 8.49. The summed E-state index contributed by atoms with van der Waals surface area (Å²) in [5.74, 6) is 0.837. The van der Waals surface area contributed by atoms with E-state index in [0.29, 0.717) is 11.5 Å². The second-order valence-electron chi connectivity index (χ2n) is 3.74. The summed E-state index contributed by atoms with van der Waals surface area (Å²) in [6.07, 6.45) is 1.66. The van der Waals surface area contributed by atoms with E-state index in [2.05, 4.69) is 31.4 Å². The van der Waals surface area contributed by atoms with Crippen LogP contribution in [0.1, 0.15) is 11.4 Å². The van der Waals surface area contributed by atoms with Gasteiger partial charge in [-0.2, -0.15) is 0 Å². The molecule has 18 heavy (non-hydrogen) atoms. The van der Waals surface area contributed by atoms with E-state index in [9.17, 15) is 0 Å². The van der Waals surface area contributed by atoms with Crippen molar-refractivity contribution in [2.24, 2.45) is 12.8 Å². The van der Waals surface area contributed by atoms with Crippen molar-refractivity contribution < 1.29 is 0 Å². The number of hydrogen-bond acceptors (Lipinski definition) is 4. The molecule has 0 spiro atoms. The van der Waals surface area contributed by atoms with E-state index >= 15 is 0 Å². The molecular formula is C11H12BrN5S. The molecule has 0 saturated heterocycles. The molecule has 3 N–H and O–H groups in total. The van der Waals surface area contributed by atoms with Gasteiger partial charge in [-0.1, -0.05) is 18.3 Å². The number of aromatic nitrogens is 3. The van der Waals surface area contributed by atoms with Gasteiger partial charge in [-0.3, -0.25) is 0 Å². The monoisotopic (exact) mass is 325 g/mol. The van der Waals surface area contributed by atoms with Crippen LogP contribution in [-0.2, 0) is 13.6 Å². The van der Waals surface area contributed by atoms with Gasteiger partial charge in [-0.25, -0.2) is 0 Å². The second kappa shape index (κ2) is 5.45. The average molecular weight is 326 g/mol. The molecule has 7 heteroatoms. The third-order valence-electron chi connectivity index (χ3n) is 2.50. The Balaban J connectivity index is 2.22. The quantitative estimate of drug-likeness (QED) is 0.839. The van der Waals surface area contributed by atoms with Crippen LogP contribution in [0.4, 0.5) is 5.69 Å². The van der Waals surface area contributed by atoms with Crippen LogP contribution >= 0.6 is 28.1 Å². The minimum absolute atomic E-state index is 0.350. The topological polar surface area (TPSA) is 68.8 Å². The molecule has 0 amide bonds. The summed E-state index contributed by atoms with van der Waals surface area (Å²) in [7, 11) is 1.90. The molecular weight excluding hydrogens is 314 g/mol. The second-order valence-corrected chi connectivity index (χ2v) is 5.03. The Bertz CT molecular complexity index is 581. The largest absolute Gasteiger partial charge is 0.389 e. The third-order valence-corrected chi connectivity index (χ3v) is 3.37. The molecule has 5 nitrogen and oxygen atoms in total. The Kier molecular flexibility index (Phi) is 3.93. The van der Waals surface area contributed by atoms with Gasteiger partial charge in [0, 0.05) is 22.8 Å². The number of nitrogens with zero attached hydrogens (tertiary/aromatic N) is 3. The Morgan fingerprint density at radius 3 is 2.94 bits per heavy atom. The minimum Gasteiger partial charge on any atom is -0.389 e. The van der Waals surface area contributed by atoms with Crippen molar-refractivity contribution in [3.05, 3.63) is 40.4 Å². The standard InChI is InChI=1S/C11H12BrN5S/c1-17-6-15-16-9(17)5-14-8-4-2-3-7(12)10(8)11(13)18/h2-4,6,14H,5H2,1H3,(H2,13,18). The van der Waals surface area contributed by atoms with E-state index in [1.165, 1.54) is 0 Å². The highest BCUT2D eigenvalue weighted by Gasteiger charge is 2.09. The zero-order chi connectivity index (χ0) is 13.1. The molecule has 0 aliphatic carbocycles. The first-order valence-corrected chi connectivity index (χ1v) is 6.44. The van der Waals surface area contributed by atoms with Crippen molar-refractivity contribution in [2.45, 2.75) is 6.54 Å². The van der Waals surface area contributed by atoms with Gasteiger partial charge in [0.1, 0.15) is 11.3 Å². The number of thiocarbonyl (C=S) groups is 1. The average Bonchev–Trinajstić information content (AvgIpc) is 2.71. The lowest BCUT2D eigenvalue weighted by molar-refractivity contribution is 0.812. The van der Waals surface area contributed by atoms with Crippen LogP contribution in [0.2, 0.25) is 0 Å². The molecule has 2 aromatic rings. The Labute approximate surface area is 119 Å². The summed E-state index contributed by atoms with van der Waals surface area (Å²) < 4.78 is 2.73. The van der Waals surface area contributed by atoms with Gasteiger partial charge in [0.05, 0.1) is 6.54 Å². The molecule has 2 rings (SSSR count). The maximum atomic E-state index is 5.72. The van der Waals surface area contributed by atoms with Crippen LogP contribution in [0.25, 0.3) is 0 Å². The number of nitrogens with one attached hydrogen (secondary N) is 1. The SMILES string of the molecule is Cn1cnnc1CNc1cccc(Br)c1C(N)=S. The van der Waals surface area contributed by atoms with E-state index in [1.807, 2.05) is 29.8 Å². The van der Waals surface area contributed by atoms with Crippen LogP contribution in [0, 0.1) is 0 Å². The Morgan fingerprint density at radius 2 is 2.33 bits per heavy atom. The first-order valence-electron chi connectivity index (χ1n) is 5.24. The van der Waals surface area contributed by atoms with Gasteiger partial charge in [0.2, 0.25) is 0 Å². The highest BCUT2D eigenvalue weighted by Crippen LogP contribution is 2.24. The lowest BCUT2D eigenvalue weighted by Crippen LogP contribution is -2.15. The predicted molar refractivity (Wildman–Crippen MR) is 78.4 cm³/mol. The first-order chi connectivity index (χ1) is 8.59. The zero-order valence-electron chi connectivity index (χ0n) is 9.72. The number of benzene rings is 1. The Morgan fingerprint density at radius 1 is 1.56 bits per heavy atom. The van der Waals surface area contributed by atoms with Crippen LogP contribution in [0.5, 0.6) is 0 Å². The van der Waals surface area contributed by atoms with E-state index in [0.717, 1.165) is 21.5 Å². The first kappa shape index (κ1) is 13.0. The molecule has 0 fully saturated rings. The van der Waals surface area contributed by atoms with Gasteiger partial charge in [0.15, 0.2) is 5.82 Å². The lowest BCUT2D eigenvalue weighted by atomic mass is 10.2. The molecule has 0 unspecified atom stereocenters. The molecule has 0 bridgehead atoms. The van der Waals surface area contributed by atoms with Crippen molar-refractivity contribution in [3.63, 3.8) is 0 Å². The molecule has 0 aliphatic rings. The predicted octanol–water partition coefficient (Wildman–Crippen LogP) is 1.82. The van der Waals surface area contributed by atoms with Crippen molar-refractivity contribution in [1.29, 1.82) is 0 Å². The summed E-state index contributed by atoms with van der Waals surface area (Å²) in [6, 6.07) is 5.75. The summed E-state index contributed by atoms with van der Waals surface area (Å²) in [5.41, 5.74) is 7.40. The van der Waals surface area contributed by atoms with Gasteiger partial charge in [0.25, 0.3) is 0 Å². The van der Waals surface area contributed by atoms with Gasteiger partial charge in [-0.05, 0) is 28.1 Å². The fourth-order valence-electron chi connectivity index (χ4n) is 1.56. The van der Waals surface area contributed by atoms with Crippen molar-refractivity contribution in [3.8, 4) is 0 Å². The maximum absolute atomic E-state index is 5.72. The van der Waals surface area contributed by atoms with Gasteiger partial charge in [-0.15, -0.1) is 10.2 Å². The molecule has 1 heterocycles.